The van der Waals surface area contributed by atoms with E-state index in [1.165, 1.54) is 6.07 Å². The predicted molar refractivity (Wildman–Crippen MR) is 83.8 cm³/mol. The molecule has 7 heteroatoms. The fraction of sp³-hybridized carbons (Fsp3) is 0.429. The molecule has 0 aliphatic carbocycles. The Bertz CT molecular complexity index is 601. The minimum atomic E-state index is -0.319. The van der Waals surface area contributed by atoms with Gasteiger partial charge in [0.25, 0.3) is 0 Å². The average molecular weight is 354 g/mol. The molecular formula is C14H17BrFN5. The van der Waals surface area contributed by atoms with Gasteiger partial charge in [0.15, 0.2) is 5.82 Å². The van der Waals surface area contributed by atoms with Gasteiger partial charge >= 0.3 is 0 Å². The molecule has 0 radical (unpaired) electrons. The van der Waals surface area contributed by atoms with Gasteiger partial charge < -0.3 is 10.2 Å². The topological polar surface area (TPSA) is 56.8 Å². The number of nitrogens with zero attached hydrogens (tertiary/aromatic N) is 3. The van der Waals surface area contributed by atoms with E-state index in [-0.39, 0.29) is 5.82 Å². The van der Waals surface area contributed by atoms with Crippen LogP contribution in [0.5, 0.6) is 0 Å². The fourth-order valence-corrected chi connectivity index (χ4v) is 3.13. The maximum Gasteiger partial charge on any atom is 0.245 e. The Morgan fingerprint density at radius 2 is 2.14 bits per heavy atom. The van der Waals surface area contributed by atoms with E-state index >= 15 is 0 Å². The molecule has 0 spiro atoms. The summed E-state index contributed by atoms with van der Waals surface area (Å²) in [5.41, 5.74) is 0.418. The number of anilines is 1. The lowest BCUT2D eigenvalue weighted by Gasteiger charge is -2.30. The highest BCUT2D eigenvalue weighted by atomic mass is 79.9. The number of H-pyrrole nitrogens is 1. The van der Waals surface area contributed by atoms with Gasteiger partial charge in [-0.15, -0.1) is 5.10 Å². The summed E-state index contributed by atoms with van der Waals surface area (Å²) in [4.78, 5) is 6.57. The van der Waals surface area contributed by atoms with E-state index in [0.717, 1.165) is 25.9 Å². The lowest BCUT2D eigenvalue weighted by atomic mass is 10.1. The minimum Gasteiger partial charge on any atom is -0.339 e. The number of rotatable bonds is 3. The van der Waals surface area contributed by atoms with Gasteiger partial charge in [0.1, 0.15) is 5.82 Å². The lowest BCUT2D eigenvalue weighted by molar-refractivity contribution is 0.439. The molecule has 0 unspecified atom stereocenters. The zero-order chi connectivity index (χ0) is 14.8. The summed E-state index contributed by atoms with van der Waals surface area (Å²) in [6, 6.07) is 5.42. The normalized spacial score (nSPS) is 16.4. The predicted octanol–water partition coefficient (Wildman–Crippen LogP) is 2.56. The molecule has 1 saturated heterocycles. The molecule has 2 N–H and O–H groups in total. The first-order valence-corrected chi connectivity index (χ1v) is 7.77. The minimum absolute atomic E-state index is 0.319. The summed E-state index contributed by atoms with van der Waals surface area (Å²) in [5, 5.41) is 10.4. The molecule has 2 heterocycles. The Hall–Kier alpha value is -1.47. The summed E-state index contributed by atoms with van der Waals surface area (Å²) in [7, 11) is 1.99. The van der Waals surface area contributed by atoms with E-state index in [9.17, 15) is 4.39 Å². The highest BCUT2D eigenvalue weighted by Crippen LogP contribution is 2.29. The summed E-state index contributed by atoms with van der Waals surface area (Å²) in [5.74, 6) is 0.765. The number of nitrogens with one attached hydrogen (secondary N) is 2. The fourth-order valence-electron chi connectivity index (χ4n) is 2.60. The molecule has 112 valence electrons. The van der Waals surface area contributed by atoms with Crippen LogP contribution in [-0.2, 0) is 0 Å². The van der Waals surface area contributed by atoms with Crippen LogP contribution < -0.4 is 10.2 Å². The SMILES string of the molecule is CNC1CCN(c2n[nH]c(-c3c(F)cccc3Br)n2)CC1. The van der Waals surface area contributed by atoms with E-state index < -0.39 is 0 Å². The van der Waals surface area contributed by atoms with Crippen molar-refractivity contribution in [3.63, 3.8) is 0 Å². The van der Waals surface area contributed by atoms with Crippen molar-refractivity contribution in [1.29, 1.82) is 0 Å². The van der Waals surface area contributed by atoms with Gasteiger partial charge in [-0.3, -0.25) is 5.10 Å². The van der Waals surface area contributed by atoms with Gasteiger partial charge in [-0.2, -0.15) is 4.98 Å². The smallest absolute Gasteiger partial charge is 0.245 e. The van der Waals surface area contributed by atoms with Gasteiger partial charge in [0, 0.05) is 23.6 Å². The summed E-state index contributed by atoms with van der Waals surface area (Å²) < 4.78 is 14.6. The quantitative estimate of drug-likeness (QED) is 0.890. The first-order chi connectivity index (χ1) is 10.2. The van der Waals surface area contributed by atoms with Crippen LogP contribution in [0.25, 0.3) is 11.4 Å². The van der Waals surface area contributed by atoms with Crippen molar-refractivity contribution in [1.82, 2.24) is 20.5 Å². The molecule has 1 fully saturated rings. The maximum absolute atomic E-state index is 13.9. The molecule has 2 aromatic rings. The Kier molecular flexibility index (Phi) is 4.21. The summed E-state index contributed by atoms with van der Waals surface area (Å²) in [6.07, 6.45) is 2.12. The molecule has 1 aromatic carbocycles. The molecule has 1 aromatic heterocycles. The molecule has 5 nitrogen and oxygen atoms in total. The van der Waals surface area contributed by atoms with Gasteiger partial charge in [-0.05, 0) is 48.0 Å². The second kappa shape index (κ2) is 6.11. The standard InChI is InChI=1S/C14H17BrFN5/c1-17-9-5-7-21(8-6-9)14-18-13(19-20-14)12-10(15)3-2-4-11(12)16/h2-4,9,17H,5-8H2,1H3,(H,18,19,20). The zero-order valence-corrected chi connectivity index (χ0v) is 13.3. The number of piperidine rings is 1. The van der Waals surface area contributed by atoms with Crippen LogP contribution in [0, 0.1) is 5.82 Å². The third-order valence-electron chi connectivity index (χ3n) is 3.86. The monoisotopic (exact) mass is 353 g/mol. The number of benzene rings is 1. The van der Waals surface area contributed by atoms with Gasteiger partial charge in [-0.25, -0.2) is 4.39 Å². The zero-order valence-electron chi connectivity index (χ0n) is 11.7. The first-order valence-electron chi connectivity index (χ1n) is 6.98. The second-order valence-corrected chi connectivity index (χ2v) is 5.99. The van der Waals surface area contributed by atoms with E-state index in [0.29, 0.717) is 27.9 Å². The largest absolute Gasteiger partial charge is 0.339 e. The molecule has 1 aliphatic rings. The third kappa shape index (κ3) is 2.94. The van der Waals surface area contributed by atoms with E-state index in [2.05, 4.69) is 41.3 Å². The molecule has 3 rings (SSSR count). The molecule has 21 heavy (non-hydrogen) atoms. The van der Waals surface area contributed by atoms with Crippen LogP contribution in [0.3, 0.4) is 0 Å². The molecular weight excluding hydrogens is 337 g/mol. The van der Waals surface area contributed by atoms with Gasteiger partial charge in [-0.1, -0.05) is 6.07 Å². The molecule has 0 amide bonds. The molecule has 0 saturated carbocycles. The Morgan fingerprint density at radius 1 is 1.38 bits per heavy atom. The van der Waals surface area contributed by atoms with Crippen molar-refractivity contribution in [3.05, 3.63) is 28.5 Å². The summed E-state index contributed by atoms with van der Waals surface area (Å²) >= 11 is 3.36. The van der Waals surface area contributed by atoms with Crippen molar-refractivity contribution < 1.29 is 4.39 Å². The van der Waals surface area contributed by atoms with Crippen LogP contribution >= 0.6 is 15.9 Å². The maximum atomic E-state index is 13.9. The first kappa shape index (κ1) is 14.5. The van der Waals surface area contributed by atoms with Gasteiger partial charge in [0.05, 0.1) is 5.56 Å². The Morgan fingerprint density at radius 3 is 2.81 bits per heavy atom. The van der Waals surface area contributed by atoms with Crippen molar-refractivity contribution in [2.75, 3.05) is 25.0 Å². The van der Waals surface area contributed by atoms with E-state index in [1.807, 2.05) is 7.05 Å². The molecule has 0 atom stereocenters. The number of halogens is 2. The van der Waals surface area contributed by atoms with Crippen LogP contribution in [0.2, 0.25) is 0 Å². The number of hydrogen-bond acceptors (Lipinski definition) is 4. The summed E-state index contributed by atoms with van der Waals surface area (Å²) in [6.45, 7) is 1.81. The van der Waals surface area contributed by atoms with Crippen LogP contribution in [0.4, 0.5) is 10.3 Å². The highest BCUT2D eigenvalue weighted by Gasteiger charge is 2.22. The number of aromatic amines is 1. The Balaban J connectivity index is 1.81. The third-order valence-corrected chi connectivity index (χ3v) is 4.52. The van der Waals surface area contributed by atoms with E-state index in [1.54, 1.807) is 12.1 Å². The van der Waals surface area contributed by atoms with E-state index in [4.69, 9.17) is 0 Å². The number of hydrogen-bond donors (Lipinski definition) is 2. The number of aromatic nitrogens is 3. The Labute approximate surface area is 131 Å². The van der Waals surface area contributed by atoms with Crippen LogP contribution in [0.1, 0.15) is 12.8 Å². The van der Waals surface area contributed by atoms with Crippen molar-refractivity contribution in [2.45, 2.75) is 18.9 Å². The van der Waals surface area contributed by atoms with Crippen molar-refractivity contribution >= 4 is 21.9 Å². The highest BCUT2D eigenvalue weighted by molar-refractivity contribution is 9.10. The van der Waals surface area contributed by atoms with Crippen LogP contribution in [-0.4, -0.2) is 41.4 Å². The second-order valence-electron chi connectivity index (χ2n) is 5.13. The van der Waals surface area contributed by atoms with Gasteiger partial charge in [0.2, 0.25) is 5.95 Å². The van der Waals surface area contributed by atoms with Crippen molar-refractivity contribution in [2.24, 2.45) is 0 Å². The van der Waals surface area contributed by atoms with Crippen LogP contribution in [0.15, 0.2) is 22.7 Å². The lowest BCUT2D eigenvalue weighted by Crippen LogP contribution is -2.41. The average Bonchev–Trinajstić information content (AvgIpc) is 2.97. The molecule has 0 bridgehead atoms. The molecule has 1 aliphatic heterocycles. The van der Waals surface area contributed by atoms with Crippen molar-refractivity contribution in [3.8, 4) is 11.4 Å².